The van der Waals surface area contributed by atoms with Gasteiger partial charge in [-0.3, -0.25) is 14.3 Å². The van der Waals surface area contributed by atoms with Crippen LogP contribution in [0.2, 0.25) is 0 Å². The molecule has 1 N–H and O–H groups in total. The number of rotatable bonds is 7. The molecule has 1 aliphatic rings. The number of anilines is 1. The van der Waals surface area contributed by atoms with E-state index in [1.54, 1.807) is 35.4 Å². The van der Waals surface area contributed by atoms with Crippen molar-refractivity contribution in [2.24, 2.45) is 0 Å². The summed E-state index contributed by atoms with van der Waals surface area (Å²) in [5.74, 6) is -0.269. The molecule has 3 heterocycles. The molecule has 9 nitrogen and oxygen atoms in total. The maximum atomic E-state index is 13.2. The Hall–Kier alpha value is -3.46. The quantitative estimate of drug-likeness (QED) is 0.586. The van der Waals surface area contributed by atoms with Gasteiger partial charge in [0.15, 0.2) is 6.39 Å². The summed E-state index contributed by atoms with van der Waals surface area (Å²) in [6.07, 6.45) is 3.62. The van der Waals surface area contributed by atoms with Gasteiger partial charge in [0, 0.05) is 49.0 Å². The summed E-state index contributed by atoms with van der Waals surface area (Å²) in [5, 5.41) is 7.47. The molecule has 0 unspecified atom stereocenters. The van der Waals surface area contributed by atoms with Crippen molar-refractivity contribution < 1.29 is 18.7 Å². The Morgan fingerprint density at radius 2 is 2.19 bits per heavy atom. The molecule has 1 aliphatic heterocycles. The van der Waals surface area contributed by atoms with E-state index in [0.29, 0.717) is 56.2 Å². The van der Waals surface area contributed by atoms with Crippen LogP contribution in [0.4, 0.5) is 5.69 Å². The Morgan fingerprint density at radius 1 is 1.32 bits per heavy atom. The van der Waals surface area contributed by atoms with Crippen molar-refractivity contribution in [1.82, 2.24) is 19.7 Å². The van der Waals surface area contributed by atoms with E-state index in [1.807, 2.05) is 11.6 Å². The molecule has 9 heteroatoms. The number of hydrogen-bond acceptors (Lipinski definition) is 6. The normalized spacial score (nSPS) is 13.2. The van der Waals surface area contributed by atoms with Crippen LogP contribution in [0.5, 0.6) is 0 Å². The Kier molecular flexibility index (Phi) is 6.13. The molecule has 2 amide bonds. The second-order valence-corrected chi connectivity index (χ2v) is 7.31. The van der Waals surface area contributed by atoms with Gasteiger partial charge in [0.1, 0.15) is 17.7 Å². The lowest BCUT2D eigenvalue weighted by Gasteiger charge is -2.28. The van der Waals surface area contributed by atoms with Crippen molar-refractivity contribution in [2.75, 3.05) is 25.1 Å². The van der Waals surface area contributed by atoms with Crippen LogP contribution in [0, 0.1) is 0 Å². The van der Waals surface area contributed by atoms with Crippen LogP contribution in [0.3, 0.4) is 0 Å². The number of nitrogens with zero attached hydrogens (tertiary/aromatic N) is 4. The smallest absolute Gasteiger partial charge is 0.254 e. The number of carbonyl (C=O) groups is 2. The average Bonchev–Trinajstić information content (AvgIpc) is 3.41. The van der Waals surface area contributed by atoms with Crippen LogP contribution in [-0.2, 0) is 29.0 Å². The van der Waals surface area contributed by atoms with Crippen LogP contribution >= 0.6 is 0 Å². The first kappa shape index (κ1) is 20.8. The average molecular weight is 423 g/mol. The highest BCUT2D eigenvalue weighted by atomic mass is 16.5. The third-order valence-electron chi connectivity index (χ3n) is 5.18. The highest BCUT2D eigenvalue weighted by molar-refractivity contribution is 5.97. The molecule has 0 saturated heterocycles. The molecule has 0 fully saturated rings. The molecule has 0 radical (unpaired) electrons. The number of carbonyl (C=O) groups excluding carboxylic acids is 2. The summed E-state index contributed by atoms with van der Waals surface area (Å²) in [6, 6.07) is 6.98. The number of nitrogens with one attached hydrogen (secondary N) is 1. The van der Waals surface area contributed by atoms with E-state index in [2.05, 4.69) is 10.3 Å². The molecule has 4 rings (SSSR count). The maximum Gasteiger partial charge on any atom is 0.254 e. The highest BCUT2D eigenvalue weighted by Crippen LogP contribution is 2.30. The molecule has 162 valence electrons. The van der Waals surface area contributed by atoms with Crippen molar-refractivity contribution in [3.63, 3.8) is 0 Å². The molecule has 0 bridgehead atoms. The first-order valence-electron chi connectivity index (χ1n) is 10.3. The number of hydrogen-bond donors (Lipinski definition) is 1. The molecule has 31 heavy (non-hydrogen) atoms. The van der Waals surface area contributed by atoms with Gasteiger partial charge in [-0.05, 0) is 25.1 Å². The fourth-order valence-electron chi connectivity index (χ4n) is 3.80. The van der Waals surface area contributed by atoms with Gasteiger partial charge in [0.25, 0.3) is 5.91 Å². The molecule has 0 saturated carbocycles. The zero-order chi connectivity index (χ0) is 21.8. The monoisotopic (exact) mass is 423 g/mol. The summed E-state index contributed by atoms with van der Waals surface area (Å²) in [5.41, 5.74) is 4.57. The first-order chi connectivity index (χ1) is 15.1. The van der Waals surface area contributed by atoms with Crippen molar-refractivity contribution in [3.8, 4) is 11.4 Å². The Morgan fingerprint density at radius 3 is 2.94 bits per heavy atom. The van der Waals surface area contributed by atoms with Crippen LogP contribution in [0.1, 0.15) is 35.5 Å². The van der Waals surface area contributed by atoms with E-state index in [1.165, 1.54) is 13.3 Å². The lowest BCUT2D eigenvalue weighted by molar-refractivity contribution is -0.114. The number of aromatic nitrogens is 3. The van der Waals surface area contributed by atoms with E-state index in [-0.39, 0.29) is 11.8 Å². The van der Waals surface area contributed by atoms with Crippen molar-refractivity contribution >= 4 is 17.5 Å². The standard InChI is InChI=1S/C22H25N5O4/c1-3-30-10-9-27-20-7-8-26(12-18(20)21(25-27)19-13-31-14-23-19)22(29)16-5-4-6-17(11-16)24-15(2)28/h4-6,11,13-14H,3,7-10,12H2,1-2H3,(H,24,28). The summed E-state index contributed by atoms with van der Waals surface area (Å²) < 4.78 is 12.6. The minimum atomic E-state index is -0.177. The molecule has 0 aliphatic carbocycles. The number of benzene rings is 1. The van der Waals surface area contributed by atoms with E-state index in [4.69, 9.17) is 14.3 Å². The Balaban J connectivity index is 1.60. The fourth-order valence-corrected chi connectivity index (χ4v) is 3.80. The Bertz CT molecular complexity index is 1070. The number of oxazole rings is 1. The SMILES string of the molecule is CCOCCn1nc(-c2cocn2)c2c1CCN(C(=O)c1cccc(NC(C)=O)c1)C2. The number of fused-ring (bicyclic) bond motifs is 1. The summed E-state index contributed by atoms with van der Waals surface area (Å²) in [4.78, 5) is 30.6. The van der Waals surface area contributed by atoms with Gasteiger partial charge in [-0.2, -0.15) is 5.10 Å². The second kappa shape index (κ2) is 9.13. The largest absolute Gasteiger partial charge is 0.451 e. The van der Waals surface area contributed by atoms with Crippen molar-refractivity contribution in [1.29, 1.82) is 0 Å². The van der Waals surface area contributed by atoms with Gasteiger partial charge < -0.3 is 19.4 Å². The molecule has 3 aromatic rings. The van der Waals surface area contributed by atoms with Crippen LogP contribution in [-0.4, -0.2) is 51.2 Å². The molecule has 0 atom stereocenters. The zero-order valence-electron chi connectivity index (χ0n) is 17.6. The second-order valence-electron chi connectivity index (χ2n) is 7.31. The summed E-state index contributed by atoms with van der Waals surface area (Å²) in [7, 11) is 0. The first-order valence-corrected chi connectivity index (χ1v) is 10.3. The predicted octanol–water partition coefficient (Wildman–Crippen LogP) is 2.73. The molecule has 2 aromatic heterocycles. The summed E-state index contributed by atoms with van der Waals surface area (Å²) in [6.45, 7) is 6.27. The Labute approximate surface area is 180 Å². The van der Waals surface area contributed by atoms with Crippen LogP contribution in [0.25, 0.3) is 11.4 Å². The van der Waals surface area contributed by atoms with E-state index in [0.717, 1.165) is 17.0 Å². The molecular weight excluding hydrogens is 398 g/mol. The van der Waals surface area contributed by atoms with Gasteiger partial charge in [-0.1, -0.05) is 6.07 Å². The van der Waals surface area contributed by atoms with Crippen molar-refractivity contribution in [2.45, 2.75) is 33.4 Å². The zero-order valence-corrected chi connectivity index (χ0v) is 17.6. The predicted molar refractivity (Wildman–Crippen MR) is 113 cm³/mol. The highest BCUT2D eigenvalue weighted by Gasteiger charge is 2.29. The maximum absolute atomic E-state index is 13.2. The van der Waals surface area contributed by atoms with E-state index in [9.17, 15) is 9.59 Å². The molecule has 1 aromatic carbocycles. The topological polar surface area (TPSA) is 102 Å². The van der Waals surface area contributed by atoms with E-state index < -0.39 is 0 Å². The van der Waals surface area contributed by atoms with Gasteiger partial charge in [0.2, 0.25) is 5.91 Å². The van der Waals surface area contributed by atoms with Gasteiger partial charge in [-0.25, -0.2) is 4.98 Å². The van der Waals surface area contributed by atoms with Gasteiger partial charge >= 0.3 is 0 Å². The lowest BCUT2D eigenvalue weighted by Crippen LogP contribution is -2.36. The van der Waals surface area contributed by atoms with E-state index >= 15 is 0 Å². The number of amides is 2. The summed E-state index contributed by atoms with van der Waals surface area (Å²) >= 11 is 0. The molecular formula is C22H25N5O4. The van der Waals surface area contributed by atoms with Crippen LogP contribution in [0.15, 0.2) is 41.3 Å². The molecule has 0 spiro atoms. The lowest BCUT2D eigenvalue weighted by atomic mass is 10.0. The minimum Gasteiger partial charge on any atom is -0.451 e. The van der Waals surface area contributed by atoms with Gasteiger partial charge in [-0.15, -0.1) is 0 Å². The minimum absolute atomic E-state index is 0.0916. The third-order valence-corrected chi connectivity index (χ3v) is 5.18. The van der Waals surface area contributed by atoms with Crippen LogP contribution < -0.4 is 5.32 Å². The fraction of sp³-hybridized carbons (Fsp3) is 0.364. The number of ether oxygens (including phenoxy) is 1. The van der Waals surface area contributed by atoms with Gasteiger partial charge in [0.05, 0.1) is 19.7 Å². The van der Waals surface area contributed by atoms with Crippen molar-refractivity contribution in [3.05, 3.63) is 53.7 Å². The third kappa shape index (κ3) is 4.51.